The van der Waals surface area contributed by atoms with Crippen LogP contribution in [0.1, 0.15) is 112 Å². The molecule has 0 spiro atoms. The van der Waals surface area contributed by atoms with Crippen LogP contribution in [0, 0.1) is 11.8 Å². The van der Waals surface area contributed by atoms with Crippen LogP contribution in [0.15, 0.2) is 0 Å². The summed E-state index contributed by atoms with van der Waals surface area (Å²) < 4.78 is 0. The van der Waals surface area contributed by atoms with Gasteiger partial charge in [-0.3, -0.25) is 0 Å². The van der Waals surface area contributed by atoms with Crippen LogP contribution >= 0.6 is 0 Å². The molecule has 2 nitrogen and oxygen atoms in total. The summed E-state index contributed by atoms with van der Waals surface area (Å²) in [6, 6.07) is 1.59. The van der Waals surface area contributed by atoms with Crippen LogP contribution in [0.2, 0.25) is 0 Å². The molecule has 152 valence electrons. The first-order chi connectivity index (χ1) is 11.6. The second-order valence-corrected chi connectivity index (χ2v) is 8.77. The van der Waals surface area contributed by atoms with Crippen molar-refractivity contribution in [1.82, 2.24) is 10.6 Å². The molecule has 0 aromatic heterocycles. The lowest BCUT2D eigenvalue weighted by molar-refractivity contribution is 0.612. The molecule has 2 aliphatic heterocycles. The predicted molar refractivity (Wildman–Crippen MR) is 115 cm³/mol. The van der Waals surface area contributed by atoms with Gasteiger partial charge in [-0.15, -0.1) is 0 Å². The highest BCUT2D eigenvalue weighted by Gasteiger charge is 2.08. The molecule has 4 rings (SSSR count). The van der Waals surface area contributed by atoms with Crippen molar-refractivity contribution in [2.24, 2.45) is 11.8 Å². The molecule has 2 atom stereocenters. The largest absolute Gasteiger partial charge is 0.314 e. The van der Waals surface area contributed by atoms with E-state index in [4.69, 9.17) is 0 Å². The average Bonchev–Trinajstić information content (AvgIpc) is 3.31. The fourth-order valence-electron chi connectivity index (χ4n) is 3.98. The first-order valence-corrected chi connectivity index (χ1v) is 11.0. The maximum atomic E-state index is 3.32. The summed E-state index contributed by atoms with van der Waals surface area (Å²) in [7, 11) is 0. The van der Waals surface area contributed by atoms with Crippen LogP contribution in [0.3, 0.4) is 0 Å². The standard InChI is InChI=1S/2C6H12.2C5H11N.CH4/c2*1-6-4-2-3-5-6;2*1-5-3-2-4-6-5;/h2*6H,2-5H2,1H3;2*5-6H,2-4H2,1H3;1H4/t;;2*5-;/m..10./s1. The molecule has 0 unspecified atom stereocenters. The van der Waals surface area contributed by atoms with Gasteiger partial charge in [0.15, 0.2) is 0 Å². The molecule has 0 bridgehead atoms. The van der Waals surface area contributed by atoms with Crippen molar-refractivity contribution >= 4 is 0 Å². The minimum absolute atomic E-state index is 0. The lowest BCUT2D eigenvalue weighted by Crippen LogP contribution is -2.16. The summed E-state index contributed by atoms with van der Waals surface area (Å²) >= 11 is 0. The van der Waals surface area contributed by atoms with Crippen molar-refractivity contribution < 1.29 is 0 Å². The molecule has 2 N–H and O–H groups in total. The minimum Gasteiger partial charge on any atom is -0.314 e. The zero-order valence-electron chi connectivity index (χ0n) is 17.2. The summed E-state index contributed by atoms with van der Waals surface area (Å²) in [6.07, 6.45) is 17.4. The number of rotatable bonds is 0. The number of hydrogen-bond acceptors (Lipinski definition) is 2. The lowest BCUT2D eigenvalue weighted by atomic mass is 10.2. The Hall–Kier alpha value is -0.0800. The summed E-state index contributed by atoms with van der Waals surface area (Å²) in [5.41, 5.74) is 0. The van der Waals surface area contributed by atoms with Gasteiger partial charge in [0.25, 0.3) is 0 Å². The fourth-order valence-corrected chi connectivity index (χ4v) is 3.98. The molecule has 2 saturated carbocycles. The molecule has 0 aromatic carbocycles. The second kappa shape index (κ2) is 16.1. The Kier molecular flexibility index (Phi) is 16.1. The molecule has 2 saturated heterocycles. The first-order valence-electron chi connectivity index (χ1n) is 11.0. The fraction of sp³-hybridized carbons (Fsp3) is 1.00. The third-order valence-electron chi connectivity index (χ3n) is 5.90. The van der Waals surface area contributed by atoms with E-state index >= 15 is 0 Å². The van der Waals surface area contributed by atoms with Crippen LogP contribution in [0.4, 0.5) is 0 Å². The van der Waals surface area contributed by atoms with Crippen molar-refractivity contribution in [2.45, 2.75) is 124 Å². The molecule has 2 heteroatoms. The molecular formula is C23H50N2. The molecule has 2 aliphatic carbocycles. The van der Waals surface area contributed by atoms with Crippen molar-refractivity contribution in [2.75, 3.05) is 13.1 Å². The summed E-state index contributed by atoms with van der Waals surface area (Å²) in [5, 5.41) is 6.64. The Morgan fingerprint density at radius 3 is 0.880 bits per heavy atom. The van der Waals surface area contributed by atoms with E-state index in [-0.39, 0.29) is 7.43 Å². The maximum absolute atomic E-state index is 3.32. The Morgan fingerprint density at radius 1 is 0.480 bits per heavy atom. The summed E-state index contributed by atoms with van der Waals surface area (Å²) in [6.45, 7) is 11.6. The normalized spacial score (nSPS) is 28.8. The van der Waals surface area contributed by atoms with E-state index in [0.29, 0.717) is 0 Å². The third kappa shape index (κ3) is 14.7. The van der Waals surface area contributed by atoms with E-state index in [2.05, 4.69) is 38.3 Å². The van der Waals surface area contributed by atoms with E-state index in [1.165, 1.54) is 90.1 Å². The third-order valence-corrected chi connectivity index (χ3v) is 5.90. The zero-order chi connectivity index (χ0) is 17.6. The first kappa shape index (κ1) is 24.9. The Morgan fingerprint density at radius 2 is 0.800 bits per heavy atom. The lowest BCUT2D eigenvalue weighted by Gasteiger charge is -1.95. The van der Waals surface area contributed by atoms with Gasteiger partial charge in [0, 0.05) is 12.1 Å². The molecule has 0 radical (unpaired) electrons. The van der Waals surface area contributed by atoms with Crippen LogP contribution in [0.25, 0.3) is 0 Å². The smallest absolute Gasteiger partial charge is 0.00391 e. The molecule has 4 aliphatic rings. The Labute approximate surface area is 160 Å². The van der Waals surface area contributed by atoms with E-state index in [9.17, 15) is 0 Å². The molecular weight excluding hydrogens is 304 g/mol. The Balaban J connectivity index is 0.000000303. The van der Waals surface area contributed by atoms with Gasteiger partial charge in [-0.25, -0.2) is 0 Å². The molecule has 2 heterocycles. The van der Waals surface area contributed by atoms with Crippen LogP contribution in [-0.4, -0.2) is 25.2 Å². The van der Waals surface area contributed by atoms with Crippen molar-refractivity contribution in [1.29, 1.82) is 0 Å². The monoisotopic (exact) mass is 354 g/mol. The number of hydrogen-bond donors (Lipinski definition) is 2. The molecule has 0 amide bonds. The topological polar surface area (TPSA) is 24.1 Å². The van der Waals surface area contributed by atoms with E-state index in [1.54, 1.807) is 0 Å². The van der Waals surface area contributed by atoms with Gasteiger partial charge in [0.2, 0.25) is 0 Å². The van der Waals surface area contributed by atoms with Crippen LogP contribution < -0.4 is 10.6 Å². The Bertz CT molecular complexity index is 199. The van der Waals surface area contributed by atoms with Gasteiger partial charge in [0.05, 0.1) is 0 Å². The summed E-state index contributed by atoms with van der Waals surface area (Å²) in [5.74, 6) is 2.09. The molecule has 0 aromatic rings. The van der Waals surface area contributed by atoms with Gasteiger partial charge >= 0.3 is 0 Å². The van der Waals surface area contributed by atoms with E-state index in [1.807, 2.05) is 0 Å². The molecule has 25 heavy (non-hydrogen) atoms. The minimum atomic E-state index is 0. The second-order valence-electron chi connectivity index (χ2n) is 8.77. The van der Waals surface area contributed by atoms with Crippen molar-refractivity contribution in [3.8, 4) is 0 Å². The highest BCUT2D eigenvalue weighted by molar-refractivity contribution is 4.68. The maximum Gasteiger partial charge on any atom is 0.00391 e. The van der Waals surface area contributed by atoms with Gasteiger partial charge in [0.1, 0.15) is 0 Å². The van der Waals surface area contributed by atoms with Gasteiger partial charge in [-0.1, -0.05) is 72.6 Å². The summed E-state index contributed by atoms with van der Waals surface area (Å²) in [4.78, 5) is 0. The molecule has 4 fully saturated rings. The highest BCUT2D eigenvalue weighted by Crippen LogP contribution is 2.23. The quantitative estimate of drug-likeness (QED) is 0.515. The van der Waals surface area contributed by atoms with Gasteiger partial charge in [-0.2, -0.15) is 0 Å². The van der Waals surface area contributed by atoms with Crippen molar-refractivity contribution in [3.63, 3.8) is 0 Å². The van der Waals surface area contributed by atoms with Gasteiger partial charge in [-0.05, 0) is 64.5 Å². The van der Waals surface area contributed by atoms with Crippen LogP contribution in [-0.2, 0) is 0 Å². The SMILES string of the molecule is C.CC1CCCC1.CC1CCCC1.C[C@@H]1CCCN1.C[C@H]1CCCN1. The van der Waals surface area contributed by atoms with E-state index in [0.717, 1.165) is 23.9 Å². The average molecular weight is 355 g/mol. The van der Waals surface area contributed by atoms with E-state index < -0.39 is 0 Å². The van der Waals surface area contributed by atoms with Crippen LogP contribution in [0.5, 0.6) is 0 Å². The predicted octanol–water partition coefficient (Wildman–Crippen LogP) is 6.55. The number of nitrogens with one attached hydrogen (secondary N) is 2. The van der Waals surface area contributed by atoms with Gasteiger partial charge < -0.3 is 10.6 Å². The van der Waals surface area contributed by atoms with Crippen molar-refractivity contribution in [3.05, 3.63) is 0 Å². The zero-order valence-corrected chi connectivity index (χ0v) is 17.2. The highest BCUT2D eigenvalue weighted by atomic mass is 14.9.